The topological polar surface area (TPSA) is 48.5 Å². The summed E-state index contributed by atoms with van der Waals surface area (Å²) in [7, 11) is 0. The van der Waals surface area contributed by atoms with E-state index in [1.54, 1.807) is 11.3 Å². The Hall–Kier alpha value is -0.980. The molecule has 0 bridgehead atoms. The average molecular weight is 294 g/mol. The van der Waals surface area contributed by atoms with E-state index in [1.165, 1.54) is 0 Å². The summed E-state index contributed by atoms with van der Waals surface area (Å²) in [6.07, 6.45) is 3.18. The number of rotatable bonds is 3. The van der Waals surface area contributed by atoms with E-state index < -0.39 is 0 Å². The molecule has 1 unspecified atom stereocenters. The van der Waals surface area contributed by atoms with Crippen LogP contribution in [0.2, 0.25) is 0 Å². The van der Waals surface area contributed by atoms with Crippen LogP contribution >= 0.6 is 11.3 Å². The fraction of sp³-hybridized carbons (Fsp3) is 0.714. The van der Waals surface area contributed by atoms with Crippen LogP contribution in [0.1, 0.15) is 25.0 Å². The van der Waals surface area contributed by atoms with Gasteiger partial charge in [-0.15, -0.1) is 11.3 Å². The Labute approximate surface area is 124 Å². The van der Waals surface area contributed by atoms with Crippen molar-refractivity contribution < 1.29 is 4.79 Å². The van der Waals surface area contributed by atoms with Gasteiger partial charge >= 0.3 is 0 Å². The minimum Gasteiger partial charge on any atom is -0.340 e. The molecule has 20 heavy (non-hydrogen) atoms. The third kappa shape index (κ3) is 3.37. The maximum Gasteiger partial charge on any atom is 0.239 e. The molecule has 0 aromatic carbocycles. The predicted octanol–water partition coefficient (Wildman–Crippen LogP) is 0.929. The second-order valence-corrected chi connectivity index (χ2v) is 6.30. The van der Waals surface area contributed by atoms with E-state index in [0.29, 0.717) is 5.91 Å². The number of hydrogen-bond donors (Lipinski definition) is 1. The Morgan fingerprint density at radius 3 is 3.05 bits per heavy atom. The molecule has 0 spiro atoms. The molecule has 6 heteroatoms. The van der Waals surface area contributed by atoms with E-state index in [2.05, 4.69) is 20.6 Å². The van der Waals surface area contributed by atoms with Gasteiger partial charge in [-0.3, -0.25) is 9.69 Å². The van der Waals surface area contributed by atoms with Crippen LogP contribution < -0.4 is 5.32 Å². The van der Waals surface area contributed by atoms with Gasteiger partial charge < -0.3 is 10.2 Å². The fourth-order valence-corrected chi connectivity index (χ4v) is 3.56. The van der Waals surface area contributed by atoms with Crippen molar-refractivity contribution >= 4 is 17.2 Å². The fourth-order valence-electron chi connectivity index (χ4n) is 3.01. The van der Waals surface area contributed by atoms with Crippen molar-refractivity contribution in [3.63, 3.8) is 0 Å². The van der Waals surface area contributed by atoms with Gasteiger partial charge in [-0.25, -0.2) is 4.98 Å². The van der Waals surface area contributed by atoms with Crippen LogP contribution in [0.25, 0.3) is 0 Å². The second-order valence-electron chi connectivity index (χ2n) is 5.58. The van der Waals surface area contributed by atoms with Gasteiger partial charge in [0.05, 0.1) is 17.2 Å². The smallest absolute Gasteiger partial charge is 0.239 e. The van der Waals surface area contributed by atoms with E-state index >= 15 is 0 Å². The lowest BCUT2D eigenvalue weighted by atomic mass is 10.2. The summed E-state index contributed by atoms with van der Waals surface area (Å²) in [5.74, 6) is 0.304. The number of nitrogens with one attached hydrogen (secondary N) is 1. The van der Waals surface area contributed by atoms with Gasteiger partial charge in [-0.1, -0.05) is 0 Å². The van der Waals surface area contributed by atoms with E-state index in [1.807, 2.05) is 10.4 Å². The summed E-state index contributed by atoms with van der Waals surface area (Å²) in [6.45, 7) is 5.65. The zero-order valence-electron chi connectivity index (χ0n) is 11.8. The van der Waals surface area contributed by atoms with Gasteiger partial charge in [0.25, 0.3) is 0 Å². The molecule has 1 N–H and O–H groups in total. The highest BCUT2D eigenvalue weighted by Crippen LogP contribution is 2.13. The molecule has 1 aromatic heterocycles. The molecule has 0 saturated carbocycles. The van der Waals surface area contributed by atoms with Crippen LogP contribution in [0.15, 0.2) is 10.9 Å². The lowest BCUT2D eigenvalue weighted by Crippen LogP contribution is -2.45. The molecule has 0 radical (unpaired) electrons. The van der Waals surface area contributed by atoms with Crippen LogP contribution in [0.4, 0.5) is 0 Å². The molecule has 2 fully saturated rings. The maximum atomic E-state index is 12.4. The molecule has 0 aliphatic carbocycles. The van der Waals surface area contributed by atoms with Crippen LogP contribution in [-0.2, 0) is 11.3 Å². The van der Waals surface area contributed by atoms with E-state index in [0.717, 1.165) is 64.2 Å². The molecular weight excluding hydrogens is 272 g/mol. The van der Waals surface area contributed by atoms with E-state index in [-0.39, 0.29) is 6.04 Å². The lowest BCUT2D eigenvalue weighted by Gasteiger charge is -2.24. The summed E-state index contributed by atoms with van der Waals surface area (Å²) in [5, 5.41) is 5.42. The van der Waals surface area contributed by atoms with Crippen LogP contribution in [-0.4, -0.2) is 59.5 Å². The van der Waals surface area contributed by atoms with Gasteiger partial charge in [0.15, 0.2) is 0 Å². The lowest BCUT2D eigenvalue weighted by molar-refractivity contribution is -0.132. The maximum absolute atomic E-state index is 12.4. The summed E-state index contributed by atoms with van der Waals surface area (Å²) < 4.78 is 0. The molecule has 1 aromatic rings. The van der Waals surface area contributed by atoms with Crippen molar-refractivity contribution in [2.75, 3.05) is 32.7 Å². The first-order valence-electron chi connectivity index (χ1n) is 7.44. The average Bonchev–Trinajstić information content (AvgIpc) is 3.10. The summed E-state index contributed by atoms with van der Waals surface area (Å²) in [4.78, 5) is 21.2. The quantitative estimate of drug-likeness (QED) is 0.901. The standard InChI is InChI=1S/C14H22N4OS/c19-14(13-3-1-4-15-13)18-6-2-5-17(7-8-18)9-12-10-20-11-16-12/h10-11,13,15H,1-9H2. The first-order chi connectivity index (χ1) is 9.83. The highest BCUT2D eigenvalue weighted by atomic mass is 32.1. The Bertz CT molecular complexity index is 430. The molecule has 1 atom stereocenters. The van der Waals surface area contributed by atoms with Gasteiger partial charge in [0.1, 0.15) is 0 Å². The number of thiazole rings is 1. The van der Waals surface area contributed by atoms with Crippen LogP contribution in [0, 0.1) is 0 Å². The van der Waals surface area contributed by atoms with Gasteiger partial charge in [0, 0.05) is 38.1 Å². The summed E-state index contributed by atoms with van der Waals surface area (Å²) >= 11 is 1.65. The zero-order valence-corrected chi connectivity index (χ0v) is 12.6. The number of amides is 1. The van der Waals surface area contributed by atoms with E-state index in [4.69, 9.17) is 0 Å². The second kappa shape index (κ2) is 6.65. The van der Waals surface area contributed by atoms with Crippen molar-refractivity contribution in [2.45, 2.75) is 31.8 Å². The third-order valence-electron chi connectivity index (χ3n) is 4.13. The van der Waals surface area contributed by atoms with Crippen molar-refractivity contribution in [3.8, 4) is 0 Å². The normalized spacial score (nSPS) is 24.8. The minimum absolute atomic E-state index is 0.0695. The molecule has 5 nitrogen and oxygen atoms in total. The van der Waals surface area contributed by atoms with Crippen molar-refractivity contribution in [1.29, 1.82) is 0 Å². The van der Waals surface area contributed by atoms with Crippen molar-refractivity contribution in [1.82, 2.24) is 20.1 Å². The third-order valence-corrected chi connectivity index (χ3v) is 4.76. The molecule has 2 saturated heterocycles. The van der Waals surface area contributed by atoms with Crippen LogP contribution in [0.5, 0.6) is 0 Å². The zero-order chi connectivity index (χ0) is 13.8. The molecule has 1 amide bonds. The highest BCUT2D eigenvalue weighted by molar-refractivity contribution is 7.07. The SMILES string of the molecule is O=C(C1CCCN1)N1CCCN(Cc2cscn2)CC1. The van der Waals surface area contributed by atoms with E-state index in [9.17, 15) is 4.79 Å². The largest absolute Gasteiger partial charge is 0.340 e. The van der Waals surface area contributed by atoms with Gasteiger partial charge in [0.2, 0.25) is 5.91 Å². The Balaban J connectivity index is 1.52. The van der Waals surface area contributed by atoms with Gasteiger partial charge in [-0.2, -0.15) is 0 Å². The van der Waals surface area contributed by atoms with Crippen molar-refractivity contribution in [2.24, 2.45) is 0 Å². The number of carbonyl (C=O) groups is 1. The molecular formula is C14H22N4OS. The van der Waals surface area contributed by atoms with Crippen molar-refractivity contribution in [3.05, 3.63) is 16.6 Å². The molecule has 3 heterocycles. The monoisotopic (exact) mass is 294 g/mol. The summed E-state index contributed by atoms with van der Waals surface area (Å²) in [6, 6.07) is 0.0695. The minimum atomic E-state index is 0.0695. The Kier molecular flexibility index (Phi) is 4.65. The molecule has 110 valence electrons. The first-order valence-corrected chi connectivity index (χ1v) is 8.39. The first kappa shape index (κ1) is 14.0. The summed E-state index contributed by atoms with van der Waals surface area (Å²) in [5.41, 5.74) is 3.03. The number of nitrogens with zero attached hydrogens (tertiary/aromatic N) is 3. The molecule has 2 aliphatic heterocycles. The van der Waals surface area contributed by atoms with Crippen LogP contribution in [0.3, 0.4) is 0 Å². The predicted molar refractivity (Wildman–Crippen MR) is 79.6 cm³/mol. The number of hydrogen-bond acceptors (Lipinski definition) is 5. The number of carbonyl (C=O) groups excluding carboxylic acids is 1. The van der Waals surface area contributed by atoms with Gasteiger partial charge in [-0.05, 0) is 25.8 Å². The Morgan fingerprint density at radius 2 is 2.30 bits per heavy atom. The number of aromatic nitrogens is 1. The molecule has 2 aliphatic rings. The highest BCUT2D eigenvalue weighted by Gasteiger charge is 2.28. The molecule has 3 rings (SSSR count). The Morgan fingerprint density at radius 1 is 1.35 bits per heavy atom.